The molecule has 1 N–H and O–H groups in total. The fraction of sp³-hybridized carbons (Fsp3) is 0.833. The Hall–Kier alpha value is -0.370. The molecule has 0 aromatic rings. The second-order valence-corrected chi connectivity index (χ2v) is 2.20. The van der Waals surface area contributed by atoms with E-state index in [2.05, 4.69) is 24.2 Å². The molecule has 1 heterocycles. The molecule has 8 heavy (non-hydrogen) atoms. The summed E-state index contributed by atoms with van der Waals surface area (Å²) in [6, 6.07) is 0.503. The van der Waals surface area contributed by atoms with Crippen molar-refractivity contribution in [3.05, 3.63) is 0 Å². The first-order chi connectivity index (χ1) is 3.80. The molecule has 46 valence electrons. The number of rotatable bonds is 0. The maximum atomic E-state index is 4.27. The SMILES string of the molecule is CC1=NCCNC1C. The van der Waals surface area contributed by atoms with Gasteiger partial charge in [0.05, 0.1) is 6.54 Å². The highest BCUT2D eigenvalue weighted by Gasteiger charge is 2.06. The maximum absolute atomic E-state index is 4.27. The van der Waals surface area contributed by atoms with E-state index in [-0.39, 0.29) is 0 Å². The van der Waals surface area contributed by atoms with Crippen LogP contribution in [-0.4, -0.2) is 24.8 Å². The zero-order valence-corrected chi connectivity index (χ0v) is 5.44. The molecule has 0 aliphatic carbocycles. The van der Waals surface area contributed by atoms with E-state index in [0.29, 0.717) is 6.04 Å². The quantitative estimate of drug-likeness (QED) is 0.483. The first-order valence-corrected chi connectivity index (χ1v) is 3.05. The average Bonchev–Trinajstić information content (AvgIpc) is 1.77. The summed E-state index contributed by atoms with van der Waals surface area (Å²) >= 11 is 0. The van der Waals surface area contributed by atoms with Crippen LogP contribution in [0, 0.1) is 0 Å². The summed E-state index contributed by atoms with van der Waals surface area (Å²) in [5.74, 6) is 0. The van der Waals surface area contributed by atoms with E-state index in [1.54, 1.807) is 0 Å². The topological polar surface area (TPSA) is 24.4 Å². The summed E-state index contributed by atoms with van der Waals surface area (Å²) in [6.07, 6.45) is 0. The molecule has 0 spiro atoms. The highest BCUT2D eigenvalue weighted by molar-refractivity contribution is 5.87. The summed E-state index contributed by atoms with van der Waals surface area (Å²) in [7, 11) is 0. The van der Waals surface area contributed by atoms with Crippen LogP contribution in [0.25, 0.3) is 0 Å². The van der Waals surface area contributed by atoms with E-state index >= 15 is 0 Å². The molecule has 1 rings (SSSR count). The second-order valence-electron chi connectivity index (χ2n) is 2.20. The van der Waals surface area contributed by atoms with Gasteiger partial charge in [-0.05, 0) is 13.8 Å². The minimum Gasteiger partial charge on any atom is -0.307 e. The standard InChI is InChI=1S/C6H12N2/c1-5-6(2)8-4-3-7-5/h5,7H,3-4H2,1-2H3. The fourth-order valence-electron chi connectivity index (χ4n) is 0.798. The lowest BCUT2D eigenvalue weighted by Gasteiger charge is -2.17. The molecule has 1 unspecified atom stereocenters. The third-order valence-electron chi connectivity index (χ3n) is 1.55. The van der Waals surface area contributed by atoms with Crippen molar-refractivity contribution >= 4 is 5.71 Å². The minimum absolute atomic E-state index is 0.503. The van der Waals surface area contributed by atoms with Gasteiger partial charge in [-0.2, -0.15) is 0 Å². The van der Waals surface area contributed by atoms with Crippen molar-refractivity contribution in [1.82, 2.24) is 5.32 Å². The molecule has 0 amide bonds. The van der Waals surface area contributed by atoms with Gasteiger partial charge < -0.3 is 5.32 Å². The Bertz CT molecular complexity index is 107. The molecular formula is C6H12N2. The van der Waals surface area contributed by atoms with Crippen molar-refractivity contribution in [1.29, 1.82) is 0 Å². The van der Waals surface area contributed by atoms with Crippen LogP contribution in [0.1, 0.15) is 13.8 Å². The smallest absolute Gasteiger partial charge is 0.0514 e. The van der Waals surface area contributed by atoms with Crippen LogP contribution in [0.2, 0.25) is 0 Å². The maximum Gasteiger partial charge on any atom is 0.0514 e. The van der Waals surface area contributed by atoms with E-state index < -0.39 is 0 Å². The fourth-order valence-corrected chi connectivity index (χ4v) is 0.798. The molecule has 1 atom stereocenters. The zero-order chi connectivity index (χ0) is 5.98. The van der Waals surface area contributed by atoms with Gasteiger partial charge in [-0.25, -0.2) is 0 Å². The minimum atomic E-state index is 0.503. The first kappa shape index (κ1) is 5.76. The van der Waals surface area contributed by atoms with Crippen molar-refractivity contribution in [3.63, 3.8) is 0 Å². The average molecular weight is 112 g/mol. The molecule has 0 radical (unpaired) electrons. The third kappa shape index (κ3) is 1.07. The van der Waals surface area contributed by atoms with Crippen LogP contribution >= 0.6 is 0 Å². The summed E-state index contributed by atoms with van der Waals surface area (Å²) in [6.45, 7) is 6.20. The van der Waals surface area contributed by atoms with Crippen LogP contribution < -0.4 is 5.32 Å². The van der Waals surface area contributed by atoms with E-state index in [9.17, 15) is 0 Å². The van der Waals surface area contributed by atoms with E-state index in [4.69, 9.17) is 0 Å². The van der Waals surface area contributed by atoms with Gasteiger partial charge in [0.2, 0.25) is 0 Å². The van der Waals surface area contributed by atoms with Crippen LogP contribution in [0.3, 0.4) is 0 Å². The van der Waals surface area contributed by atoms with Crippen LogP contribution in [-0.2, 0) is 0 Å². The predicted octanol–water partition coefficient (Wildman–Crippen LogP) is 0.439. The summed E-state index contributed by atoms with van der Waals surface area (Å²) < 4.78 is 0. The van der Waals surface area contributed by atoms with Gasteiger partial charge in [0.1, 0.15) is 0 Å². The molecule has 2 heteroatoms. The van der Waals surface area contributed by atoms with Crippen LogP contribution in [0.15, 0.2) is 4.99 Å². The summed E-state index contributed by atoms with van der Waals surface area (Å²) in [5, 5.41) is 3.30. The molecule has 1 aliphatic rings. The van der Waals surface area contributed by atoms with Crippen molar-refractivity contribution in [2.24, 2.45) is 4.99 Å². The lowest BCUT2D eigenvalue weighted by molar-refractivity contribution is 0.630. The van der Waals surface area contributed by atoms with E-state index in [0.717, 1.165) is 13.1 Å². The molecule has 0 aromatic carbocycles. The highest BCUT2D eigenvalue weighted by atomic mass is 15.0. The Kier molecular flexibility index (Phi) is 1.63. The normalized spacial score (nSPS) is 29.8. The van der Waals surface area contributed by atoms with Crippen molar-refractivity contribution in [2.75, 3.05) is 13.1 Å². The summed E-state index contributed by atoms with van der Waals surface area (Å²) in [5.41, 5.74) is 1.23. The summed E-state index contributed by atoms with van der Waals surface area (Å²) in [4.78, 5) is 4.27. The van der Waals surface area contributed by atoms with Gasteiger partial charge in [0.25, 0.3) is 0 Å². The predicted molar refractivity (Wildman–Crippen MR) is 35.4 cm³/mol. The number of aliphatic imine (C=N–C) groups is 1. The van der Waals surface area contributed by atoms with E-state index in [1.165, 1.54) is 5.71 Å². The Morgan fingerprint density at radius 1 is 1.75 bits per heavy atom. The van der Waals surface area contributed by atoms with Gasteiger partial charge in [-0.1, -0.05) is 0 Å². The molecule has 1 aliphatic heterocycles. The first-order valence-electron chi connectivity index (χ1n) is 3.05. The van der Waals surface area contributed by atoms with Crippen molar-refractivity contribution < 1.29 is 0 Å². The third-order valence-corrected chi connectivity index (χ3v) is 1.55. The Labute approximate surface area is 50.0 Å². The Morgan fingerprint density at radius 2 is 2.50 bits per heavy atom. The molecule has 0 saturated carbocycles. The lowest BCUT2D eigenvalue weighted by atomic mass is 10.2. The highest BCUT2D eigenvalue weighted by Crippen LogP contribution is 1.92. The molecule has 0 aromatic heterocycles. The molecule has 0 bridgehead atoms. The zero-order valence-electron chi connectivity index (χ0n) is 5.44. The van der Waals surface area contributed by atoms with Gasteiger partial charge in [0, 0.05) is 18.3 Å². The number of hydrogen-bond donors (Lipinski definition) is 1. The number of nitrogens with zero attached hydrogens (tertiary/aromatic N) is 1. The van der Waals surface area contributed by atoms with Crippen LogP contribution in [0.4, 0.5) is 0 Å². The molecule has 2 nitrogen and oxygen atoms in total. The van der Waals surface area contributed by atoms with Gasteiger partial charge >= 0.3 is 0 Å². The Balaban J connectivity index is 2.53. The number of nitrogens with one attached hydrogen (secondary N) is 1. The molecule has 0 fully saturated rings. The van der Waals surface area contributed by atoms with Gasteiger partial charge in [0.15, 0.2) is 0 Å². The van der Waals surface area contributed by atoms with Crippen molar-refractivity contribution in [2.45, 2.75) is 19.9 Å². The van der Waals surface area contributed by atoms with Gasteiger partial charge in [-0.3, -0.25) is 4.99 Å². The Morgan fingerprint density at radius 3 is 2.88 bits per heavy atom. The van der Waals surface area contributed by atoms with Gasteiger partial charge in [-0.15, -0.1) is 0 Å². The molecule has 0 saturated heterocycles. The molecular weight excluding hydrogens is 100 g/mol. The second kappa shape index (κ2) is 2.27. The van der Waals surface area contributed by atoms with Crippen molar-refractivity contribution in [3.8, 4) is 0 Å². The van der Waals surface area contributed by atoms with E-state index in [1.807, 2.05) is 0 Å². The van der Waals surface area contributed by atoms with Crippen LogP contribution in [0.5, 0.6) is 0 Å². The number of hydrogen-bond acceptors (Lipinski definition) is 2. The largest absolute Gasteiger partial charge is 0.307 e. The monoisotopic (exact) mass is 112 g/mol. The lowest BCUT2D eigenvalue weighted by Crippen LogP contribution is -2.38.